The lowest BCUT2D eigenvalue weighted by Gasteiger charge is -2.11. The Hall–Kier alpha value is -0.870. The normalized spacial score (nSPS) is 11.8. The Morgan fingerprint density at radius 2 is 2.25 bits per heavy atom. The SMILES string of the molecule is CCNC(=NCc1cn2ccsc2n1)NCCCOCC(C)C.I. The number of aromatic nitrogens is 2. The first-order chi connectivity index (χ1) is 11.2. The topological polar surface area (TPSA) is 63.0 Å². The second kappa shape index (κ2) is 11.6. The minimum atomic E-state index is 0. The van der Waals surface area contributed by atoms with E-state index in [4.69, 9.17) is 4.74 Å². The molecule has 136 valence electrons. The van der Waals surface area contributed by atoms with Crippen LogP contribution in [0, 0.1) is 5.92 Å². The Bertz CT molecular complexity index is 582. The van der Waals surface area contributed by atoms with E-state index in [9.17, 15) is 0 Å². The van der Waals surface area contributed by atoms with Crippen LogP contribution in [0.15, 0.2) is 22.8 Å². The molecule has 0 spiro atoms. The molecule has 0 saturated carbocycles. The third-order valence-corrected chi connectivity index (χ3v) is 3.87. The third-order valence-electron chi connectivity index (χ3n) is 3.10. The van der Waals surface area contributed by atoms with E-state index in [1.165, 1.54) is 0 Å². The minimum absolute atomic E-state index is 0. The molecule has 24 heavy (non-hydrogen) atoms. The van der Waals surface area contributed by atoms with Gasteiger partial charge in [-0.1, -0.05) is 13.8 Å². The van der Waals surface area contributed by atoms with Gasteiger partial charge in [0.05, 0.1) is 12.2 Å². The molecule has 0 amide bonds. The van der Waals surface area contributed by atoms with Crippen LogP contribution in [-0.4, -0.2) is 41.6 Å². The standard InChI is InChI=1S/C16H27N5OS.HI/c1-4-17-15(18-6-5-8-22-12-13(2)3)19-10-14-11-21-7-9-23-16(21)20-14;/h7,9,11,13H,4-6,8,10,12H2,1-3H3,(H2,17,18,19);1H. The highest BCUT2D eigenvalue weighted by Crippen LogP contribution is 2.11. The van der Waals surface area contributed by atoms with E-state index in [1.807, 2.05) is 22.2 Å². The van der Waals surface area contributed by atoms with Gasteiger partial charge in [-0.05, 0) is 19.3 Å². The molecule has 0 radical (unpaired) electrons. The number of hydrogen-bond acceptors (Lipinski definition) is 4. The van der Waals surface area contributed by atoms with Crippen LogP contribution in [0.5, 0.6) is 0 Å². The number of nitrogens with zero attached hydrogens (tertiary/aromatic N) is 3. The van der Waals surface area contributed by atoms with Crippen LogP contribution in [0.3, 0.4) is 0 Å². The number of thiazole rings is 1. The number of rotatable bonds is 9. The first kappa shape index (κ1) is 21.2. The number of ether oxygens (including phenoxy) is 1. The zero-order chi connectivity index (χ0) is 16.5. The average Bonchev–Trinajstić information content (AvgIpc) is 3.09. The molecule has 2 N–H and O–H groups in total. The number of imidazole rings is 1. The van der Waals surface area contributed by atoms with Crippen molar-refractivity contribution in [2.24, 2.45) is 10.9 Å². The van der Waals surface area contributed by atoms with Crippen molar-refractivity contribution < 1.29 is 4.74 Å². The highest BCUT2D eigenvalue weighted by Gasteiger charge is 2.03. The van der Waals surface area contributed by atoms with Crippen LogP contribution in [0.25, 0.3) is 4.96 Å². The van der Waals surface area contributed by atoms with Gasteiger partial charge in [0.1, 0.15) is 0 Å². The second-order valence-corrected chi connectivity index (χ2v) is 6.64. The van der Waals surface area contributed by atoms with Gasteiger partial charge in [0, 0.05) is 44.1 Å². The molecule has 0 bridgehead atoms. The number of halogens is 1. The first-order valence-electron chi connectivity index (χ1n) is 8.20. The fourth-order valence-corrected chi connectivity index (χ4v) is 2.77. The maximum absolute atomic E-state index is 5.58. The fraction of sp³-hybridized carbons (Fsp3) is 0.625. The highest BCUT2D eigenvalue weighted by molar-refractivity contribution is 14.0. The van der Waals surface area contributed by atoms with Gasteiger partial charge in [-0.3, -0.25) is 4.40 Å². The van der Waals surface area contributed by atoms with Crippen molar-refractivity contribution in [2.75, 3.05) is 26.3 Å². The molecular weight excluding hydrogens is 437 g/mol. The molecule has 0 atom stereocenters. The lowest BCUT2D eigenvalue weighted by Crippen LogP contribution is -2.38. The molecular formula is C16H28IN5OS. The Morgan fingerprint density at radius 1 is 1.42 bits per heavy atom. The highest BCUT2D eigenvalue weighted by atomic mass is 127. The van der Waals surface area contributed by atoms with Gasteiger partial charge in [-0.2, -0.15) is 0 Å². The minimum Gasteiger partial charge on any atom is -0.381 e. The zero-order valence-electron chi connectivity index (χ0n) is 14.6. The van der Waals surface area contributed by atoms with Gasteiger partial charge in [-0.15, -0.1) is 35.3 Å². The van der Waals surface area contributed by atoms with Crippen molar-refractivity contribution in [3.63, 3.8) is 0 Å². The van der Waals surface area contributed by atoms with Crippen LogP contribution in [0.2, 0.25) is 0 Å². The molecule has 0 fully saturated rings. The summed E-state index contributed by atoms with van der Waals surface area (Å²) in [5.74, 6) is 1.42. The smallest absolute Gasteiger partial charge is 0.193 e. The van der Waals surface area contributed by atoms with Crippen molar-refractivity contribution in [1.29, 1.82) is 0 Å². The molecule has 2 rings (SSSR count). The fourth-order valence-electron chi connectivity index (χ4n) is 2.05. The van der Waals surface area contributed by atoms with Gasteiger partial charge in [0.15, 0.2) is 10.9 Å². The molecule has 0 saturated heterocycles. The molecule has 0 aromatic carbocycles. The number of hydrogen-bond donors (Lipinski definition) is 2. The zero-order valence-corrected chi connectivity index (χ0v) is 17.8. The predicted molar refractivity (Wildman–Crippen MR) is 112 cm³/mol. The van der Waals surface area contributed by atoms with Crippen molar-refractivity contribution in [1.82, 2.24) is 20.0 Å². The van der Waals surface area contributed by atoms with Crippen molar-refractivity contribution in [3.8, 4) is 0 Å². The third kappa shape index (κ3) is 7.35. The Labute approximate surface area is 165 Å². The molecule has 0 aliphatic heterocycles. The number of nitrogens with one attached hydrogen (secondary N) is 2. The van der Waals surface area contributed by atoms with E-state index in [0.717, 1.165) is 49.3 Å². The summed E-state index contributed by atoms with van der Waals surface area (Å²) in [6, 6.07) is 0. The van der Waals surface area contributed by atoms with E-state index in [1.54, 1.807) is 11.3 Å². The van der Waals surface area contributed by atoms with Crippen molar-refractivity contribution >= 4 is 46.2 Å². The molecule has 0 aliphatic rings. The summed E-state index contributed by atoms with van der Waals surface area (Å²) in [4.78, 5) is 10.1. The van der Waals surface area contributed by atoms with Gasteiger partial charge in [0.2, 0.25) is 0 Å². The summed E-state index contributed by atoms with van der Waals surface area (Å²) in [6.07, 6.45) is 5.01. The summed E-state index contributed by atoms with van der Waals surface area (Å²) >= 11 is 1.63. The molecule has 2 heterocycles. The van der Waals surface area contributed by atoms with E-state index >= 15 is 0 Å². The Morgan fingerprint density at radius 3 is 2.96 bits per heavy atom. The van der Waals surface area contributed by atoms with Gasteiger partial charge >= 0.3 is 0 Å². The maximum Gasteiger partial charge on any atom is 0.193 e. The summed E-state index contributed by atoms with van der Waals surface area (Å²) in [6.45, 7) is 10.3. The predicted octanol–water partition coefficient (Wildman–Crippen LogP) is 3.13. The van der Waals surface area contributed by atoms with E-state index < -0.39 is 0 Å². The van der Waals surface area contributed by atoms with E-state index in [0.29, 0.717) is 12.5 Å². The molecule has 6 nitrogen and oxygen atoms in total. The molecule has 2 aromatic rings. The number of guanidine groups is 1. The van der Waals surface area contributed by atoms with Crippen molar-refractivity contribution in [2.45, 2.75) is 33.7 Å². The van der Waals surface area contributed by atoms with Crippen LogP contribution < -0.4 is 10.6 Å². The van der Waals surface area contributed by atoms with E-state index in [-0.39, 0.29) is 24.0 Å². The molecule has 0 aliphatic carbocycles. The molecule has 0 unspecified atom stereocenters. The van der Waals surface area contributed by atoms with Crippen LogP contribution in [0.4, 0.5) is 0 Å². The van der Waals surface area contributed by atoms with Crippen LogP contribution in [0.1, 0.15) is 32.9 Å². The molecule has 8 heteroatoms. The van der Waals surface area contributed by atoms with Crippen LogP contribution in [-0.2, 0) is 11.3 Å². The second-order valence-electron chi connectivity index (χ2n) is 5.77. The Balaban J connectivity index is 0.00000288. The van der Waals surface area contributed by atoms with Crippen molar-refractivity contribution in [3.05, 3.63) is 23.5 Å². The largest absolute Gasteiger partial charge is 0.381 e. The average molecular weight is 465 g/mol. The number of aliphatic imine (C=N–C) groups is 1. The summed E-state index contributed by atoms with van der Waals surface area (Å²) in [5.41, 5.74) is 0.981. The quantitative estimate of drug-likeness (QED) is 0.259. The Kier molecular flexibility index (Phi) is 10.3. The van der Waals surface area contributed by atoms with Gasteiger partial charge in [-0.25, -0.2) is 9.98 Å². The van der Waals surface area contributed by atoms with Gasteiger partial charge in [0.25, 0.3) is 0 Å². The summed E-state index contributed by atoms with van der Waals surface area (Å²) < 4.78 is 7.61. The summed E-state index contributed by atoms with van der Waals surface area (Å²) in [7, 11) is 0. The number of fused-ring (bicyclic) bond motifs is 1. The van der Waals surface area contributed by atoms with E-state index in [2.05, 4.69) is 41.4 Å². The lowest BCUT2D eigenvalue weighted by molar-refractivity contribution is 0.108. The van der Waals surface area contributed by atoms with Crippen LogP contribution >= 0.6 is 35.3 Å². The lowest BCUT2D eigenvalue weighted by atomic mass is 10.2. The van der Waals surface area contributed by atoms with Gasteiger partial charge < -0.3 is 15.4 Å². The monoisotopic (exact) mass is 465 g/mol. The first-order valence-corrected chi connectivity index (χ1v) is 9.08. The maximum atomic E-state index is 5.58. The molecule has 2 aromatic heterocycles. The summed E-state index contributed by atoms with van der Waals surface area (Å²) in [5, 5.41) is 8.62.